The van der Waals surface area contributed by atoms with Crippen LogP contribution in [-0.4, -0.2) is 54.1 Å². The van der Waals surface area contributed by atoms with E-state index in [0.717, 1.165) is 44.2 Å². The zero-order valence-corrected chi connectivity index (χ0v) is 19.7. The minimum Gasteiger partial charge on any atom is -0.494 e. The summed E-state index contributed by atoms with van der Waals surface area (Å²) in [6.45, 7) is 4.34. The van der Waals surface area contributed by atoms with Crippen LogP contribution in [0.3, 0.4) is 0 Å². The fourth-order valence-corrected chi connectivity index (χ4v) is 4.96. The molecule has 176 valence electrons. The molecule has 0 unspecified atom stereocenters. The Bertz CT molecular complexity index is 1140. The molecule has 2 aliphatic rings. The molecule has 0 spiro atoms. The molecule has 2 aromatic carbocycles. The minimum atomic E-state index is -0.0979. The van der Waals surface area contributed by atoms with E-state index in [4.69, 9.17) is 21.1 Å². The van der Waals surface area contributed by atoms with E-state index >= 15 is 0 Å². The van der Waals surface area contributed by atoms with Crippen LogP contribution < -0.4 is 14.8 Å². The van der Waals surface area contributed by atoms with Crippen molar-refractivity contribution in [3.63, 3.8) is 0 Å². The summed E-state index contributed by atoms with van der Waals surface area (Å²) in [5.41, 5.74) is 1.80. The number of likely N-dealkylation sites (tertiary alicyclic amines) is 2. The van der Waals surface area contributed by atoms with E-state index in [-0.39, 0.29) is 6.03 Å². The van der Waals surface area contributed by atoms with Gasteiger partial charge in [-0.2, -0.15) is 0 Å². The topological polar surface area (TPSA) is 66.9 Å². The molecule has 3 aromatic rings. The summed E-state index contributed by atoms with van der Waals surface area (Å²) in [7, 11) is 1.58. The lowest BCUT2D eigenvalue weighted by Gasteiger charge is -2.22. The average Bonchev–Trinajstić information content (AvgIpc) is 3.40. The SMILES string of the molecule is COc1ccncc1NC(=O)N1C[C@H]2CN(Cc3cccc(Oc4ccc(Cl)cc4)c3)C[C@H]2C1. The number of rotatable bonds is 6. The molecule has 2 aliphatic heterocycles. The van der Waals surface area contributed by atoms with Gasteiger partial charge < -0.3 is 19.7 Å². The lowest BCUT2D eigenvalue weighted by molar-refractivity contribution is 0.211. The average molecular weight is 479 g/mol. The quantitative estimate of drug-likeness (QED) is 0.532. The Morgan fingerprint density at radius 1 is 1.06 bits per heavy atom. The number of halogens is 1. The van der Waals surface area contributed by atoms with Crippen LogP contribution in [0.5, 0.6) is 17.2 Å². The van der Waals surface area contributed by atoms with Crippen molar-refractivity contribution < 1.29 is 14.3 Å². The van der Waals surface area contributed by atoms with Crippen LogP contribution in [0.15, 0.2) is 67.0 Å². The number of pyridine rings is 1. The maximum absolute atomic E-state index is 12.8. The number of nitrogens with one attached hydrogen (secondary N) is 1. The number of aromatic nitrogens is 1. The molecule has 0 radical (unpaired) electrons. The molecule has 0 bridgehead atoms. The number of hydrogen-bond donors (Lipinski definition) is 1. The number of benzene rings is 2. The Balaban J connectivity index is 1.14. The molecule has 0 aliphatic carbocycles. The zero-order chi connectivity index (χ0) is 23.5. The van der Waals surface area contributed by atoms with E-state index in [1.165, 1.54) is 5.56 Å². The molecule has 0 saturated carbocycles. The van der Waals surface area contributed by atoms with E-state index in [1.807, 2.05) is 41.3 Å². The molecular formula is C26H27ClN4O3. The van der Waals surface area contributed by atoms with Gasteiger partial charge in [0.2, 0.25) is 0 Å². The van der Waals surface area contributed by atoms with Gasteiger partial charge >= 0.3 is 6.03 Å². The predicted molar refractivity (Wildman–Crippen MR) is 132 cm³/mol. The standard InChI is InChI=1S/C26H27ClN4O3/c1-33-25-9-10-28-12-24(25)29-26(32)31-16-19-14-30(15-20(19)17-31)13-18-3-2-4-23(11-18)34-22-7-5-21(27)6-8-22/h2-12,19-20H,13-17H2,1H3,(H,29,32)/t19-,20+. The molecule has 5 rings (SSSR count). The summed E-state index contributed by atoms with van der Waals surface area (Å²) in [5.74, 6) is 3.15. The van der Waals surface area contributed by atoms with Crippen LogP contribution in [0.4, 0.5) is 10.5 Å². The van der Waals surface area contributed by atoms with Gasteiger partial charge in [0, 0.05) is 50.0 Å². The lowest BCUT2D eigenvalue weighted by Crippen LogP contribution is -2.36. The summed E-state index contributed by atoms with van der Waals surface area (Å²) in [5, 5.41) is 3.63. The van der Waals surface area contributed by atoms with Gasteiger partial charge in [-0.3, -0.25) is 9.88 Å². The Hall–Kier alpha value is -3.29. The zero-order valence-electron chi connectivity index (χ0n) is 19.0. The van der Waals surface area contributed by atoms with Gasteiger partial charge in [0.1, 0.15) is 22.9 Å². The van der Waals surface area contributed by atoms with Crippen molar-refractivity contribution >= 4 is 23.3 Å². The van der Waals surface area contributed by atoms with Crippen LogP contribution >= 0.6 is 11.6 Å². The fourth-order valence-electron chi connectivity index (χ4n) is 4.84. The lowest BCUT2D eigenvalue weighted by atomic mass is 10.0. The molecular weight excluding hydrogens is 452 g/mol. The predicted octanol–water partition coefficient (Wildman–Crippen LogP) is 5.13. The number of anilines is 1. The first-order chi connectivity index (χ1) is 16.6. The summed E-state index contributed by atoms with van der Waals surface area (Å²) in [6.07, 6.45) is 3.25. The molecule has 3 heterocycles. The van der Waals surface area contributed by atoms with Crippen molar-refractivity contribution in [1.29, 1.82) is 0 Å². The molecule has 8 heteroatoms. The third-order valence-corrected chi connectivity index (χ3v) is 6.70. The Labute approximate surface area is 204 Å². The maximum atomic E-state index is 12.8. The first-order valence-electron chi connectivity index (χ1n) is 11.4. The molecule has 34 heavy (non-hydrogen) atoms. The number of amides is 2. The molecule has 7 nitrogen and oxygen atoms in total. The van der Waals surface area contributed by atoms with Crippen molar-refractivity contribution in [2.24, 2.45) is 11.8 Å². The van der Waals surface area contributed by atoms with Crippen molar-refractivity contribution in [1.82, 2.24) is 14.8 Å². The first kappa shape index (κ1) is 22.5. The van der Waals surface area contributed by atoms with Crippen molar-refractivity contribution in [2.45, 2.75) is 6.54 Å². The Morgan fingerprint density at radius 2 is 1.82 bits per heavy atom. The second kappa shape index (κ2) is 9.91. The van der Waals surface area contributed by atoms with Crippen LogP contribution in [0.2, 0.25) is 5.02 Å². The van der Waals surface area contributed by atoms with E-state index < -0.39 is 0 Å². The van der Waals surface area contributed by atoms with Crippen LogP contribution in [0.25, 0.3) is 0 Å². The molecule has 2 saturated heterocycles. The van der Waals surface area contributed by atoms with Gasteiger partial charge in [-0.25, -0.2) is 4.79 Å². The highest BCUT2D eigenvalue weighted by Gasteiger charge is 2.41. The summed E-state index contributed by atoms with van der Waals surface area (Å²) in [6, 6.07) is 17.2. The summed E-state index contributed by atoms with van der Waals surface area (Å²) >= 11 is 5.96. The number of ether oxygens (including phenoxy) is 2. The normalized spacial score (nSPS) is 19.6. The maximum Gasteiger partial charge on any atom is 0.322 e. The molecule has 1 N–H and O–H groups in total. The van der Waals surface area contributed by atoms with Gasteiger partial charge in [-0.1, -0.05) is 23.7 Å². The number of carbonyl (C=O) groups excluding carboxylic acids is 1. The van der Waals surface area contributed by atoms with Gasteiger partial charge in [0.25, 0.3) is 0 Å². The Morgan fingerprint density at radius 3 is 2.56 bits per heavy atom. The number of nitrogens with zero attached hydrogens (tertiary/aromatic N) is 3. The smallest absolute Gasteiger partial charge is 0.322 e. The second-order valence-corrected chi connectivity index (χ2v) is 9.27. The molecule has 2 amide bonds. The molecule has 2 atom stereocenters. The highest BCUT2D eigenvalue weighted by Crippen LogP contribution is 2.33. The summed E-state index contributed by atoms with van der Waals surface area (Å²) < 4.78 is 11.3. The number of hydrogen-bond acceptors (Lipinski definition) is 5. The highest BCUT2D eigenvalue weighted by molar-refractivity contribution is 6.30. The van der Waals surface area contributed by atoms with Gasteiger partial charge in [-0.05, 0) is 53.8 Å². The number of carbonyl (C=O) groups is 1. The minimum absolute atomic E-state index is 0.0979. The van der Waals surface area contributed by atoms with Crippen molar-refractivity contribution in [2.75, 3.05) is 38.6 Å². The number of urea groups is 1. The third kappa shape index (κ3) is 5.11. The third-order valence-electron chi connectivity index (χ3n) is 6.45. The van der Waals surface area contributed by atoms with E-state index in [9.17, 15) is 4.79 Å². The van der Waals surface area contributed by atoms with E-state index in [1.54, 1.807) is 25.6 Å². The van der Waals surface area contributed by atoms with E-state index in [0.29, 0.717) is 28.3 Å². The van der Waals surface area contributed by atoms with Crippen LogP contribution in [0.1, 0.15) is 5.56 Å². The Kier molecular flexibility index (Phi) is 6.56. The number of methoxy groups -OCH3 is 1. The fraction of sp³-hybridized carbons (Fsp3) is 0.308. The van der Waals surface area contributed by atoms with Gasteiger partial charge in [0.15, 0.2) is 0 Å². The van der Waals surface area contributed by atoms with Crippen molar-refractivity contribution in [3.05, 3.63) is 77.6 Å². The summed E-state index contributed by atoms with van der Waals surface area (Å²) in [4.78, 5) is 21.2. The van der Waals surface area contributed by atoms with Gasteiger partial charge in [-0.15, -0.1) is 0 Å². The highest BCUT2D eigenvalue weighted by atomic mass is 35.5. The monoisotopic (exact) mass is 478 g/mol. The van der Waals surface area contributed by atoms with Crippen LogP contribution in [-0.2, 0) is 6.54 Å². The van der Waals surface area contributed by atoms with E-state index in [2.05, 4.69) is 27.3 Å². The van der Waals surface area contributed by atoms with Gasteiger partial charge in [0.05, 0.1) is 13.3 Å². The van der Waals surface area contributed by atoms with Crippen LogP contribution in [0, 0.1) is 11.8 Å². The van der Waals surface area contributed by atoms with Crippen molar-refractivity contribution in [3.8, 4) is 17.2 Å². The molecule has 2 fully saturated rings. The number of fused-ring (bicyclic) bond motifs is 1. The first-order valence-corrected chi connectivity index (χ1v) is 11.7. The second-order valence-electron chi connectivity index (χ2n) is 8.83. The molecule has 1 aromatic heterocycles. The largest absolute Gasteiger partial charge is 0.494 e.